The van der Waals surface area contributed by atoms with Crippen LogP contribution in [0.2, 0.25) is 0 Å². The number of fused-ring (bicyclic) bond motifs is 1. The molecule has 2 rings (SSSR count). The average Bonchev–Trinajstić information content (AvgIpc) is 2.49. The van der Waals surface area contributed by atoms with Crippen LogP contribution in [0.5, 0.6) is 0 Å². The van der Waals surface area contributed by atoms with Gasteiger partial charge in [-0.05, 0) is 13.0 Å². The van der Waals surface area contributed by atoms with Crippen LogP contribution in [0.25, 0.3) is 0 Å². The first-order valence-electron chi connectivity index (χ1n) is 3.90. The highest BCUT2D eigenvalue weighted by atomic mass is 32.1. The number of rotatable bonds is 1. The van der Waals surface area contributed by atoms with Gasteiger partial charge in [0.2, 0.25) is 0 Å². The van der Waals surface area contributed by atoms with Gasteiger partial charge >= 0.3 is 0 Å². The van der Waals surface area contributed by atoms with Gasteiger partial charge in [-0.25, -0.2) is 5.01 Å². The number of nitrogens with zero attached hydrogens (tertiary/aromatic N) is 2. The van der Waals surface area contributed by atoms with Gasteiger partial charge in [0.1, 0.15) is 17.0 Å². The summed E-state index contributed by atoms with van der Waals surface area (Å²) >= 11 is 5.07. The molecule has 70 valence electrons. The van der Waals surface area contributed by atoms with E-state index in [1.54, 1.807) is 35.4 Å². The van der Waals surface area contributed by atoms with E-state index in [9.17, 15) is 5.11 Å². The maximum Gasteiger partial charge on any atom is 0.145 e. The zero-order valence-corrected chi connectivity index (χ0v) is 7.88. The highest BCUT2D eigenvalue weighted by Gasteiger charge is 2.26. The molecule has 0 saturated carbocycles. The topological polar surface area (TPSA) is 50.8 Å². The quantitative estimate of drug-likeness (QED) is 0.499. The summed E-state index contributed by atoms with van der Waals surface area (Å²) in [5.41, 5.74) is 2.91. The molecule has 0 spiro atoms. The van der Waals surface area contributed by atoms with Crippen molar-refractivity contribution in [1.82, 2.24) is 20.9 Å². The number of hydrogen-bond acceptors (Lipinski definition) is 5. The van der Waals surface area contributed by atoms with Crippen molar-refractivity contribution in [3.8, 4) is 0 Å². The summed E-state index contributed by atoms with van der Waals surface area (Å²) in [4.78, 5) is 0.660. The molecule has 2 heterocycles. The van der Waals surface area contributed by atoms with Crippen molar-refractivity contribution in [2.45, 2.75) is 13.2 Å². The van der Waals surface area contributed by atoms with Gasteiger partial charge < -0.3 is 10.4 Å². The van der Waals surface area contributed by atoms with Crippen molar-refractivity contribution in [2.24, 2.45) is 0 Å². The highest BCUT2D eigenvalue weighted by molar-refractivity contribution is 7.80. The van der Waals surface area contributed by atoms with Crippen molar-refractivity contribution >= 4 is 17.2 Å². The molecule has 0 saturated heterocycles. The number of nitrogens with one attached hydrogen (secondary N) is 2. The minimum absolute atomic E-state index is 0.595. The molecule has 0 bridgehead atoms. The Hall–Kier alpha value is -1.11. The van der Waals surface area contributed by atoms with Crippen LogP contribution in [0.15, 0.2) is 24.3 Å². The predicted octanol–water partition coefficient (Wildman–Crippen LogP) is -0.395. The minimum atomic E-state index is -0.595. The maximum absolute atomic E-state index is 9.29. The third kappa shape index (κ3) is 1.39. The summed E-state index contributed by atoms with van der Waals surface area (Å²) in [7, 11) is 0. The Labute approximate surface area is 81.3 Å². The van der Waals surface area contributed by atoms with E-state index in [-0.39, 0.29) is 0 Å². The van der Waals surface area contributed by atoms with Gasteiger partial charge in [0, 0.05) is 6.20 Å². The van der Waals surface area contributed by atoms with Gasteiger partial charge in [-0.2, -0.15) is 0 Å². The van der Waals surface area contributed by atoms with E-state index >= 15 is 0 Å². The van der Waals surface area contributed by atoms with Crippen molar-refractivity contribution in [2.75, 3.05) is 0 Å². The van der Waals surface area contributed by atoms with E-state index in [1.165, 1.54) is 0 Å². The summed E-state index contributed by atoms with van der Waals surface area (Å²) in [6.07, 6.45) is 4.69. The molecule has 13 heavy (non-hydrogen) atoms. The summed E-state index contributed by atoms with van der Waals surface area (Å²) < 4.78 is 0. The Morgan fingerprint density at radius 2 is 2.38 bits per heavy atom. The zero-order chi connectivity index (χ0) is 9.42. The van der Waals surface area contributed by atoms with Crippen molar-refractivity contribution in [1.29, 1.82) is 0 Å². The fourth-order valence-electron chi connectivity index (χ4n) is 1.12. The van der Waals surface area contributed by atoms with Gasteiger partial charge in [-0.1, -0.05) is 12.2 Å². The summed E-state index contributed by atoms with van der Waals surface area (Å²) in [5.74, 6) is 0.813. The van der Waals surface area contributed by atoms with Crippen molar-refractivity contribution in [3.05, 3.63) is 24.3 Å². The Kier molecular flexibility index (Phi) is 1.95. The molecule has 2 aliphatic rings. The van der Waals surface area contributed by atoms with Crippen LogP contribution in [-0.2, 0) is 0 Å². The molecule has 0 radical (unpaired) electrons. The number of aliphatic hydroxyl groups excluding tert-OH is 1. The average molecular weight is 198 g/mol. The van der Waals surface area contributed by atoms with Gasteiger partial charge in [-0.3, -0.25) is 5.01 Å². The van der Waals surface area contributed by atoms with Crippen molar-refractivity contribution < 1.29 is 5.11 Å². The number of aliphatic hydroxyl groups is 1. The van der Waals surface area contributed by atoms with E-state index in [0.29, 0.717) is 4.99 Å². The second kappa shape index (κ2) is 2.99. The van der Waals surface area contributed by atoms with Crippen LogP contribution >= 0.6 is 12.2 Å². The summed E-state index contributed by atoms with van der Waals surface area (Å²) in [6, 6.07) is 0. The fraction of sp³-hybridized carbons (Fsp3) is 0.286. The van der Waals surface area contributed by atoms with E-state index in [2.05, 4.69) is 10.9 Å². The van der Waals surface area contributed by atoms with Gasteiger partial charge in [0.05, 0.1) is 6.20 Å². The number of hydrogen-bond donors (Lipinski definition) is 3. The van der Waals surface area contributed by atoms with E-state index in [1.807, 2.05) is 0 Å². The predicted molar refractivity (Wildman–Crippen MR) is 51.5 cm³/mol. The number of thiocarbonyl (C=S) groups is 1. The molecule has 0 aliphatic carbocycles. The largest absolute Gasteiger partial charge is 0.372 e. The molecule has 0 fully saturated rings. The molecule has 3 N–H and O–H groups in total. The Morgan fingerprint density at radius 1 is 1.62 bits per heavy atom. The lowest BCUT2D eigenvalue weighted by molar-refractivity contribution is 0.000437. The maximum atomic E-state index is 9.29. The zero-order valence-electron chi connectivity index (χ0n) is 7.06. The highest BCUT2D eigenvalue weighted by Crippen LogP contribution is 2.14. The van der Waals surface area contributed by atoms with Crippen LogP contribution in [0.4, 0.5) is 0 Å². The van der Waals surface area contributed by atoms with Crippen LogP contribution in [0.3, 0.4) is 0 Å². The normalized spacial score (nSPS) is 22.6. The van der Waals surface area contributed by atoms with Crippen molar-refractivity contribution in [3.63, 3.8) is 0 Å². The minimum Gasteiger partial charge on any atom is -0.372 e. The molecular formula is C7H10N4OS. The second-order valence-electron chi connectivity index (χ2n) is 2.80. The molecule has 6 heteroatoms. The summed E-state index contributed by atoms with van der Waals surface area (Å²) in [6.45, 7) is 1.67. The molecule has 5 nitrogen and oxygen atoms in total. The standard InChI is InChI=1S/C7H10N4OS/c1-5(12)10-4-6-8-3-2-7(13)11(6)9-10/h2-5,8-9,12H,1H3. The van der Waals surface area contributed by atoms with E-state index in [4.69, 9.17) is 12.2 Å². The van der Waals surface area contributed by atoms with Gasteiger partial charge in [0.15, 0.2) is 0 Å². The first-order valence-corrected chi connectivity index (χ1v) is 4.31. The molecule has 0 aromatic rings. The molecular weight excluding hydrogens is 188 g/mol. The first kappa shape index (κ1) is 8.49. The van der Waals surface area contributed by atoms with Crippen LogP contribution < -0.4 is 10.9 Å². The monoisotopic (exact) mass is 198 g/mol. The lowest BCUT2D eigenvalue weighted by atomic mass is 10.5. The van der Waals surface area contributed by atoms with E-state index < -0.39 is 6.23 Å². The molecule has 0 aromatic carbocycles. The lowest BCUT2D eigenvalue weighted by Gasteiger charge is -2.26. The van der Waals surface area contributed by atoms with Crippen LogP contribution in [-0.4, -0.2) is 26.3 Å². The Bertz CT molecular complexity index is 299. The molecule has 0 amide bonds. The SMILES string of the molecule is CC(O)N1C=C2NC=CC(=S)N2N1. The summed E-state index contributed by atoms with van der Waals surface area (Å²) in [5, 5.41) is 15.5. The van der Waals surface area contributed by atoms with Gasteiger partial charge in [0.25, 0.3) is 0 Å². The second-order valence-corrected chi connectivity index (χ2v) is 3.22. The van der Waals surface area contributed by atoms with Gasteiger partial charge in [-0.15, -0.1) is 5.53 Å². The molecule has 2 aliphatic heterocycles. The first-order chi connectivity index (χ1) is 6.18. The third-order valence-electron chi connectivity index (χ3n) is 1.80. The molecule has 1 atom stereocenters. The fourth-order valence-corrected chi connectivity index (χ4v) is 1.33. The lowest BCUT2D eigenvalue weighted by Crippen LogP contribution is -2.48. The Morgan fingerprint density at radius 3 is 3.00 bits per heavy atom. The number of hydrazine groups is 2. The smallest absolute Gasteiger partial charge is 0.145 e. The van der Waals surface area contributed by atoms with Crippen LogP contribution in [0.1, 0.15) is 6.92 Å². The van der Waals surface area contributed by atoms with E-state index in [0.717, 1.165) is 5.82 Å². The molecule has 0 aromatic heterocycles. The molecule has 1 unspecified atom stereocenters. The van der Waals surface area contributed by atoms with Crippen LogP contribution in [0, 0.1) is 0 Å². The third-order valence-corrected chi connectivity index (χ3v) is 2.12. The Balaban J connectivity index is 2.19.